The van der Waals surface area contributed by atoms with E-state index in [0.717, 1.165) is 18.3 Å². The Hall–Kier alpha value is -1.75. The molecule has 1 aromatic carbocycles. The van der Waals surface area contributed by atoms with Crippen molar-refractivity contribution in [2.24, 2.45) is 0 Å². The number of hydrogen-bond acceptors (Lipinski definition) is 4. The molecule has 0 spiro atoms. The van der Waals surface area contributed by atoms with Gasteiger partial charge in [0.05, 0.1) is 5.56 Å². The largest absolute Gasteiger partial charge is 0.478 e. The molecule has 0 amide bonds. The first-order valence-corrected chi connectivity index (χ1v) is 6.57. The van der Waals surface area contributed by atoms with Crippen LogP contribution in [0.2, 0.25) is 0 Å². The maximum absolute atomic E-state index is 10.9. The zero-order chi connectivity index (χ0) is 14.0. The van der Waals surface area contributed by atoms with Crippen LogP contribution in [0, 0.1) is 0 Å². The summed E-state index contributed by atoms with van der Waals surface area (Å²) >= 11 is 0. The van der Waals surface area contributed by atoms with Crippen molar-refractivity contribution in [2.75, 3.05) is 24.6 Å². The predicted molar refractivity (Wildman–Crippen MR) is 76.6 cm³/mol. The first-order valence-electron chi connectivity index (χ1n) is 6.57. The first kappa shape index (κ1) is 13.7. The van der Waals surface area contributed by atoms with Gasteiger partial charge in [0.15, 0.2) is 0 Å². The van der Waals surface area contributed by atoms with Crippen LogP contribution in [0.1, 0.15) is 30.1 Å². The highest BCUT2D eigenvalue weighted by Crippen LogP contribution is 2.27. The molecule has 1 atom stereocenters. The number of benzene rings is 1. The third-order valence-corrected chi connectivity index (χ3v) is 3.70. The lowest BCUT2D eigenvalue weighted by Crippen LogP contribution is -2.36. The molecule has 1 aliphatic rings. The Kier molecular flexibility index (Phi) is 3.95. The maximum Gasteiger partial charge on any atom is 0.337 e. The Morgan fingerprint density at radius 3 is 2.79 bits per heavy atom. The Balaban J connectivity index is 1.92. The van der Waals surface area contributed by atoms with Gasteiger partial charge >= 0.3 is 5.97 Å². The fourth-order valence-corrected chi connectivity index (χ4v) is 2.12. The Bertz CT molecular complexity index is 472. The highest BCUT2D eigenvalue weighted by molar-refractivity contribution is 5.94. The summed E-state index contributed by atoms with van der Waals surface area (Å²) in [6.07, 6.45) is 2.59. The van der Waals surface area contributed by atoms with Crippen molar-refractivity contribution in [1.82, 2.24) is 4.90 Å². The fraction of sp³-hybridized carbons (Fsp3) is 0.500. The molecule has 0 heterocycles. The molecule has 1 saturated carbocycles. The molecule has 1 aliphatic carbocycles. The summed E-state index contributed by atoms with van der Waals surface area (Å²) in [7, 11) is 2.14. The Morgan fingerprint density at radius 2 is 2.26 bits per heavy atom. The van der Waals surface area contributed by atoms with Crippen molar-refractivity contribution in [3.8, 4) is 0 Å². The molecular formula is C14H21N3O2. The molecule has 1 unspecified atom stereocenters. The summed E-state index contributed by atoms with van der Waals surface area (Å²) in [5, 5.41) is 12.2. The zero-order valence-corrected chi connectivity index (χ0v) is 11.4. The molecule has 2 rings (SSSR count). The monoisotopic (exact) mass is 263 g/mol. The van der Waals surface area contributed by atoms with Gasteiger partial charge in [0.2, 0.25) is 0 Å². The van der Waals surface area contributed by atoms with Gasteiger partial charge in [0.25, 0.3) is 0 Å². The van der Waals surface area contributed by atoms with Gasteiger partial charge in [-0.25, -0.2) is 4.79 Å². The number of carboxylic acid groups (broad SMARTS) is 1. The van der Waals surface area contributed by atoms with Crippen molar-refractivity contribution in [3.63, 3.8) is 0 Å². The Labute approximate surface area is 113 Å². The molecule has 1 fully saturated rings. The van der Waals surface area contributed by atoms with E-state index >= 15 is 0 Å². The summed E-state index contributed by atoms with van der Waals surface area (Å²) in [6, 6.07) is 6.14. The van der Waals surface area contributed by atoms with E-state index in [9.17, 15) is 4.79 Å². The van der Waals surface area contributed by atoms with Crippen molar-refractivity contribution in [3.05, 3.63) is 23.8 Å². The van der Waals surface area contributed by atoms with Crippen LogP contribution in [-0.4, -0.2) is 41.7 Å². The molecular weight excluding hydrogens is 242 g/mol. The predicted octanol–water partition coefficient (Wildman–Crippen LogP) is 1.86. The molecule has 4 N–H and O–H groups in total. The molecule has 5 heteroatoms. The number of aromatic carboxylic acids is 1. The van der Waals surface area contributed by atoms with Gasteiger partial charge in [-0.1, -0.05) is 0 Å². The second kappa shape index (κ2) is 5.48. The summed E-state index contributed by atoms with van der Waals surface area (Å²) in [6.45, 7) is 3.00. The van der Waals surface area contributed by atoms with Gasteiger partial charge in [-0.2, -0.15) is 0 Å². The number of carbonyl (C=O) groups is 1. The second-order valence-corrected chi connectivity index (χ2v) is 5.23. The summed E-state index contributed by atoms with van der Waals surface area (Å²) in [5.74, 6) is -0.995. The van der Waals surface area contributed by atoms with Crippen LogP contribution in [0.25, 0.3) is 0 Å². The van der Waals surface area contributed by atoms with Gasteiger partial charge in [-0.05, 0) is 45.0 Å². The van der Waals surface area contributed by atoms with E-state index in [4.69, 9.17) is 10.8 Å². The maximum atomic E-state index is 10.9. The summed E-state index contributed by atoms with van der Waals surface area (Å²) < 4.78 is 0. The minimum Gasteiger partial charge on any atom is -0.478 e. The molecule has 0 saturated heterocycles. The molecule has 0 radical (unpaired) electrons. The quantitative estimate of drug-likeness (QED) is 0.683. The average Bonchev–Trinajstić information content (AvgIpc) is 3.18. The number of nitrogen functional groups attached to an aromatic ring is 1. The lowest BCUT2D eigenvalue weighted by molar-refractivity contribution is 0.0698. The van der Waals surface area contributed by atoms with Crippen molar-refractivity contribution in [2.45, 2.75) is 31.8 Å². The van der Waals surface area contributed by atoms with E-state index < -0.39 is 5.97 Å². The summed E-state index contributed by atoms with van der Waals surface area (Å²) in [5.41, 5.74) is 7.01. The van der Waals surface area contributed by atoms with E-state index in [1.54, 1.807) is 12.1 Å². The fourth-order valence-electron chi connectivity index (χ4n) is 2.12. The molecule has 0 bridgehead atoms. The third kappa shape index (κ3) is 3.38. The SMILES string of the molecule is CC(CNc1ccc(C(=O)O)c(N)c1)N(C)C1CC1. The van der Waals surface area contributed by atoms with Gasteiger partial charge < -0.3 is 16.2 Å². The lowest BCUT2D eigenvalue weighted by atomic mass is 10.1. The lowest BCUT2D eigenvalue weighted by Gasteiger charge is -2.25. The topological polar surface area (TPSA) is 78.6 Å². The highest BCUT2D eigenvalue weighted by Gasteiger charge is 2.28. The van der Waals surface area contributed by atoms with E-state index in [0.29, 0.717) is 11.7 Å². The van der Waals surface area contributed by atoms with E-state index in [1.165, 1.54) is 18.9 Å². The normalized spacial score (nSPS) is 16.4. The zero-order valence-electron chi connectivity index (χ0n) is 11.4. The van der Waals surface area contributed by atoms with E-state index in [1.807, 2.05) is 0 Å². The van der Waals surface area contributed by atoms with Crippen molar-refractivity contribution >= 4 is 17.3 Å². The van der Waals surface area contributed by atoms with Crippen LogP contribution in [0.5, 0.6) is 0 Å². The number of rotatable bonds is 6. The van der Waals surface area contributed by atoms with Gasteiger partial charge in [0, 0.05) is 30.0 Å². The molecule has 1 aromatic rings. The number of carboxylic acids is 1. The minimum absolute atomic E-state index is 0.147. The van der Waals surface area contributed by atoms with Crippen LogP contribution in [0.15, 0.2) is 18.2 Å². The van der Waals surface area contributed by atoms with Crippen molar-refractivity contribution in [1.29, 1.82) is 0 Å². The van der Waals surface area contributed by atoms with Crippen LogP contribution in [0.3, 0.4) is 0 Å². The van der Waals surface area contributed by atoms with Crippen LogP contribution >= 0.6 is 0 Å². The number of nitrogens with one attached hydrogen (secondary N) is 1. The second-order valence-electron chi connectivity index (χ2n) is 5.23. The minimum atomic E-state index is -0.995. The molecule has 19 heavy (non-hydrogen) atoms. The molecule has 104 valence electrons. The number of likely N-dealkylation sites (N-methyl/N-ethyl adjacent to an activating group) is 1. The van der Waals surface area contributed by atoms with Crippen LogP contribution in [0.4, 0.5) is 11.4 Å². The number of anilines is 2. The standard InChI is InChI=1S/C14H21N3O2/c1-9(17(2)11-4-5-11)8-16-10-3-6-12(14(18)19)13(15)7-10/h3,6-7,9,11,16H,4-5,8,15H2,1-2H3,(H,18,19). The van der Waals surface area contributed by atoms with Crippen LogP contribution < -0.4 is 11.1 Å². The van der Waals surface area contributed by atoms with Gasteiger partial charge in [0.1, 0.15) is 0 Å². The van der Waals surface area contributed by atoms with Crippen molar-refractivity contribution < 1.29 is 9.90 Å². The van der Waals surface area contributed by atoms with Gasteiger partial charge in [-0.3, -0.25) is 4.90 Å². The third-order valence-electron chi connectivity index (χ3n) is 3.70. The highest BCUT2D eigenvalue weighted by atomic mass is 16.4. The van der Waals surface area contributed by atoms with Gasteiger partial charge in [-0.15, -0.1) is 0 Å². The smallest absolute Gasteiger partial charge is 0.337 e. The molecule has 0 aliphatic heterocycles. The summed E-state index contributed by atoms with van der Waals surface area (Å²) in [4.78, 5) is 13.2. The number of nitrogens with zero attached hydrogens (tertiary/aromatic N) is 1. The average molecular weight is 263 g/mol. The van der Waals surface area contributed by atoms with E-state index in [2.05, 4.69) is 24.2 Å². The number of hydrogen-bond donors (Lipinski definition) is 3. The molecule has 5 nitrogen and oxygen atoms in total. The first-order chi connectivity index (χ1) is 8.99. The van der Waals surface area contributed by atoms with E-state index in [-0.39, 0.29) is 5.56 Å². The molecule has 0 aromatic heterocycles. The Morgan fingerprint density at radius 1 is 1.58 bits per heavy atom. The number of nitrogens with two attached hydrogens (primary N) is 1. The van der Waals surface area contributed by atoms with Crippen LogP contribution in [-0.2, 0) is 0 Å².